The number of carboxylic acids is 1. The summed E-state index contributed by atoms with van der Waals surface area (Å²) < 4.78 is 34.1. The minimum atomic E-state index is -1.10. The van der Waals surface area contributed by atoms with Crippen LogP contribution in [-0.4, -0.2) is 52.8 Å². The molecular weight excluding hydrogens is 602 g/mol. The van der Waals surface area contributed by atoms with Crippen LogP contribution in [0.25, 0.3) is 22.4 Å². The Morgan fingerprint density at radius 1 is 1.13 bits per heavy atom. The second-order valence-electron chi connectivity index (χ2n) is 11.2. The predicted molar refractivity (Wildman–Crippen MR) is 165 cm³/mol. The molecule has 1 fully saturated rings. The van der Waals surface area contributed by atoms with Gasteiger partial charge in [-0.05, 0) is 66.6 Å². The van der Waals surface area contributed by atoms with E-state index in [9.17, 15) is 23.9 Å². The molecule has 6 rings (SSSR count). The zero-order valence-corrected chi connectivity index (χ0v) is 25.2. The Kier molecular flexibility index (Phi) is 8.57. The van der Waals surface area contributed by atoms with Crippen molar-refractivity contribution >= 4 is 40.1 Å². The molecule has 1 aliphatic heterocycles. The van der Waals surface area contributed by atoms with Crippen molar-refractivity contribution in [2.45, 2.75) is 44.6 Å². The fraction of sp³-hybridized carbons (Fsp3) is 0.303. The summed E-state index contributed by atoms with van der Waals surface area (Å²) >= 11 is 0.708. The van der Waals surface area contributed by atoms with Crippen LogP contribution in [0.1, 0.15) is 36.8 Å². The van der Waals surface area contributed by atoms with Gasteiger partial charge in [-0.15, -0.1) is 0 Å². The van der Waals surface area contributed by atoms with Crippen LogP contribution in [0.4, 0.5) is 19.7 Å². The number of hydrogen-bond acceptors (Lipinski definition) is 7. The van der Waals surface area contributed by atoms with Crippen molar-refractivity contribution < 1.29 is 33.0 Å². The van der Waals surface area contributed by atoms with Crippen molar-refractivity contribution in [3.05, 3.63) is 77.1 Å². The number of nitrogens with zero attached hydrogens (tertiary/aromatic N) is 4. The van der Waals surface area contributed by atoms with Gasteiger partial charge in [0.2, 0.25) is 23.8 Å². The highest BCUT2D eigenvalue weighted by Crippen LogP contribution is 2.43. The van der Waals surface area contributed by atoms with E-state index in [2.05, 4.69) is 9.97 Å². The number of aromatic nitrogens is 2. The predicted octanol–water partition coefficient (Wildman–Crippen LogP) is 6.06. The lowest BCUT2D eigenvalue weighted by molar-refractivity contribution is -0.140. The van der Waals surface area contributed by atoms with Crippen LogP contribution in [0.5, 0.6) is 5.75 Å². The highest BCUT2D eigenvalue weighted by atomic mass is 32.1. The highest BCUT2D eigenvalue weighted by molar-refractivity contribution is 7.14. The Balaban J connectivity index is 1.39. The first-order chi connectivity index (χ1) is 21.7. The average Bonchev–Trinajstić information content (AvgIpc) is 3.79. The van der Waals surface area contributed by atoms with Crippen LogP contribution in [0.3, 0.4) is 0 Å². The molecule has 12 heteroatoms. The minimum Gasteiger partial charge on any atom is -0.481 e. The van der Waals surface area contributed by atoms with E-state index < -0.39 is 29.8 Å². The van der Waals surface area contributed by atoms with Gasteiger partial charge in [-0.1, -0.05) is 41.7 Å². The average molecular weight is 633 g/mol. The van der Waals surface area contributed by atoms with Gasteiger partial charge in [0.15, 0.2) is 5.13 Å². The normalized spacial score (nSPS) is 15.0. The third-order valence-corrected chi connectivity index (χ3v) is 8.89. The number of aryl methyl sites for hydroxylation is 1. The third kappa shape index (κ3) is 6.41. The molecule has 0 radical (unpaired) electrons. The zero-order valence-electron chi connectivity index (χ0n) is 24.4. The standard InChI is InChI=1S/C33H30F2N4O5S/c1-38-27(40)12-7-20-14-22(17-36-31(20)38)25-11-10-24(44-18-34)16-26(25)29-30(35)45-33(37-29)39(23-8-9-23)32(43)21(15-28(41)42)13-19-5-3-2-4-6-19/h2-6,10-11,14,16-17,21,23H,7-9,12-13,15,18H2,1H3,(H,41,42)/t21-/m1/s1. The number of halogens is 2. The molecule has 3 heterocycles. The summed E-state index contributed by atoms with van der Waals surface area (Å²) in [7, 11) is 1.67. The summed E-state index contributed by atoms with van der Waals surface area (Å²) in [5.41, 5.74) is 3.16. The van der Waals surface area contributed by atoms with Gasteiger partial charge in [-0.25, -0.2) is 14.4 Å². The number of hydrogen-bond donors (Lipinski definition) is 1. The molecule has 0 bridgehead atoms. The number of pyridine rings is 1. The first-order valence-electron chi connectivity index (χ1n) is 14.6. The molecule has 1 atom stereocenters. The molecule has 9 nitrogen and oxygen atoms in total. The number of rotatable bonds is 11. The molecule has 0 spiro atoms. The molecule has 4 aromatic rings. The number of alkyl halides is 1. The molecule has 2 amide bonds. The van der Waals surface area contributed by atoms with E-state index >= 15 is 4.39 Å². The second kappa shape index (κ2) is 12.7. The van der Waals surface area contributed by atoms with E-state index in [1.165, 1.54) is 15.9 Å². The number of fused-ring (bicyclic) bond motifs is 1. The van der Waals surface area contributed by atoms with Gasteiger partial charge < -0.3 is 9.84 Å². The lowest BCUT2D eigenvalue weighted by Crippen LogP contribution is -2.39. The van der Waals surface area contributed by atoms with Crippen molar-refractivity contribution in [3.63, 3.8) is 0 Å². The van der Waals surface area contributed by atoms with Crippen molar-refractivity contribution in [1.29, 1.82) is 0 Å². The van der Waals surface area contributed by atoms with Crippen LogP contribution in [-0.2, 0) is 27.2 Å². The van der Waals surface area contributed by atoms with Crippen molar-refractivity contribution in [2.75, 3.05) is 23.7 Å². The van der Waals surface area contributed by atoms with Gasteiger partial charge in [0.25, 0.3) is 0 Å². The molecule has 1 N–H and O–H groups in total. The molecule has 232 valence electrons. The van der Waals surface area contributed by atoms with E-state index in [0.29, 0.717) is 59.5 Å². The summed E-state index contributed by atoms with van der Waals surface area (Å²) in [5, 5.41) is 9.09. The molecular formula is C33H30F2N4O5S. The Morgan fingerprint density at radius 2 is 1.91 bits per heavy atom. The molecule has 0 saturated heterocycles. The van der Waals surface area contributed by atoms with Gasteiger partial charge in [-0.3, -0.25) is 24.2 Å². The Bertz CT molecular complexity index is 1760. The number of benzene rings is 2. The number of carbonyl (C=O) groups is 3. The summed E-state index contributed by atoms with van der Waals surface area (Å²) in [6.45, 7) is -1.08. The van der Waals surface area contributed by atoms with E-state index in [1.54, 1.807) is 25.4 Å². The zero-order chi connectivity index (χ0) is 31.7. The first-order valence-corrected chi connectivity index (χ1v) is 15.4. The molecule has 2 aliphatic rings. The number of ether oxygens (including phenoxy) is 1. The number of aliphatic carboxylic acids is 1. The Labute approximate surface area is 262 Å². The monoisotopic (exact) mass is 632 g/mol. The molecule has 0 unspecified atom stereocenters. The van der Waals surface area contributed by atoms with Crippen molar-refractivity contribution in [1.82, 2.24) is 9.97 Å². The van der Waals surface area contributed by atoms with Crippen molar-refractivity contribution in [3.8, 4) is 28.1 Å². The maximum absolute atomic E-state index is 15.9. The van der Waals surface area contributed by atoms with E-state index in [1.807, 2.05) is 36.4 Å². The van der Waals surface area contributed by atoms with Gasteiger partial charge in [-0.2, -0.15) is 4.39 Å². The molecule has 1 saturated carbocycles. The Morgan fingerprint density at radius 3 is 2.62 bits per heavy atom. The number of carboxylic acid groups (broad SMARTS) is 1. The fourth-order valence-electron chi connectivity index (χ4n) is 5.66. The lowest BCUT2D eigenvalue weighted by Gasteiger charge is -2.25. The van der Waals surface area contributed by atoms with E-state index in [-0.39, 0.29) is 41.4 Å². The van der Waals surface area contributed by atoms with Crippen LogP contribution < -0.4 is 14.5 Å². The van der Waals surface area contributed by atoms with Crippen LogP contribution in [0.15, 0.2) is 60.8 Å². The quantitative estimate of drug-likeness (QED) is 0.214. The first kappa shape index (κ1) is 30.3. The van der Waals surface area contributed by atoms with Crippen molar-refractivity contribution in [2.24, 2.45) is 5.92 Å². The van der Waals surface area contributed by atoms with Gasteiger partial charge in [0, 0.05) is 36.8 Å². The van der Waals surface area contributed by atoms with E-state index in [0.717, 1.165) is 11.1 Å². The SMILES string of the molecule is CN1C(=O)CCc2cc(-c3ccc(OCF)cc3-c3nc(N(C(=O)[C@@H](CC(=O)O)Cc4ccccc4)C4CC4)sc3F)cnc21. The topological polar surface area (TPSA) is 113 Å². The number of thiazole rings is 1. The molecule has 1 aliphatic carbocycles. The summed E-state index contributed by atoms with van der Waals surface area (Å²) in [6.07, 6.45) is 3.66. The van der Waals surface area contributed by atoms with Gasteiger partial charge in [0.1, 0.15) is 17.3 Å². The molecule has 45 heavy (non-hydrogen) atoms. The summed E-state index contributed by atoms with van der Waals surface area (Å²) in [4.78, 5) is 49.9. The van der Waals surface area contributed by atoms with Gasteiger partial charge >= 0.3 is 5.97 Å². The smallest absolute Gasteiger partial charge is 0.304 e. The van der Waals surface area contributed by atoms with E-state index in [4.69, 9.17) is 4.74 Å². The van der Waals surface area contributed by atoms with Crippen LogP contribution >= 0.6 is 11.3 Å². The number of carbonyl (C=O) groups excluding carboxylic acids is 2. The summed E-state index contributed by atoms with van der Waals surface area (Å²) in [6, 6.07) is 15.6. The maximum Gasteiger partial charge on any atom is 0.304 e. The highest BCUT2D eigenvalue weighted by Gasteiger charge is 2.40. The van der Waals surface area contributed by atoms with Crippen LogP contribution in [0.2, 0.25) is 0 Å². The minimum absolute atomic E-state index is 0.0302. The fourth-order valence-corrected chi connectivity index (χ4v) is 6.55. The second-order valence-corrected chi connectivity index (χ2v) is 12.1. The number of anilines is 2. The third-order valence-electron chi connectivity index (χ3n) is 8.05. The van der Waals surface area contributed by atoms with Gasteiger partial charge in [0.05, 0.1) is 12.3 Å². The summed E-state index contributed by atoms with van der Waals surface area (Å²) in [5.74, 6) is -1.70. The largest absolute Gasteiger partial charge is 0.481 e. The van der Waals surface area contributed by atoms with Crippen LogP contribution in [0, 0.1) is 11.0 Å². The lowest BCUT2D eigenvalue weighted by atomic mass is 9.94. The molecule has 2 aromatic heterocycles. The molecule has 2 aromatic carbocycles. The maximum atomic E-state index is 15.9. The Hall–Kier alpha value is -4.71. The number of amides is 2.